The molecule has 0 saturated heterocycles. The third-order valence-corrected chi connectivity index (χ3v) is 8.17. The van der Waals surface area contributed by atoms with E-state index in [1.54, 1.807) is 6.42 Å². The first-order chi connectivity index (χ1) is 9.20. The lowest BCUT2D eigenvalue weighted by atomic mass is 9.53. The molecule has 0 aromatic heterocycles. The van der Waals surface area contributed by atoms with Gasteiger partial charge in [0.1, 0.15) is 0 Å². The van der Waals surface area contributed by atoms with Gasteiger partial charge < -0.3 is 0 Å². The highest BCUT2D eigenvalue weighted by Gasteiger charge is 2.54. The Kier molecular flexibility index (Phi) is 3.06. The molecule has 4 fully saturated rings. The Morgan fingerprint density at radius 2 is 1.74 bits per heavy atom. The summed E-state index contributed by atoms with van der Waals surface area (Å²) in [6, 6.07) is 0. The van der Waals surface area contributed by atoms with Gasteiger partial charge in [0.2, 0.25) is 0 Å². The van der Waals surface area contributed by atoms with E-state index in [2.05, 4.69) is 6.58 Å². The van der Waals surface area contributed by atoms with Gasteiger partial charge in [-0.15, -0.1) is 0 Å². The maximum Gasteiger partial charge on any atom is 0.0366 e. The van der Waals surface area contributed by atoms with Crippen LogP contribution in [-0.2, 0) is 0 Å². The number of thiol groups is 1. The summed E-state index contributed by atoms with van der Waals surface area (Å²) in [4.78, 5) is 0. The molecular weight excluding hydrogens is 248 g/mol. The van der Waals surface area contributed by atoms with Crippen molar-refractivity contribution in [2.24, 2.45) is 29.6 Å². The molecule has 4 saturated carbocycles. The minimum absolute atomic E-state index is 0.225. The first-order valence-electron chi connectivity index (χ1n) is 8.61. The maximum absolute atomic E-state index is 5.14. The maximum atomic E-state index is 5.14. The predicted octanol–water partition coefficient (Wildman–Crippen LogP) is 5.25. The third kappa shape index (κ3) is 1.79. The van der Waals surface area contributed by atoms with Crippen molar-refractivity contribution >= 4 is 12.6 Å². The molecule has 0 bridgehead atoms. The van der Waals surface area contributed by atoms with E-state index >= 15 is 0 Å². The van der Waals surface area contributed by atoms with E-state index in [4.69, 9.17) is 12.6 Å². The molecule has 0 radical (unpaired) electrons. The van der Waals surface area contributed by atoms with Crippen LogP contribution in [0.3, 0.4) is 0 Å². The molecule has 6 unspecified atom stereocenters. The lowest BCUT2D eigenvalue weighted by Gasteiger charge is -2.54. The van der Waals surface area contributed by atoms with Crippen molar-refractivity contribution in [2.45, 2.75) is 69.0 Å². The third-order valence-electron chi connectivity index (χ3n) is 7.30. The average Bonchev–Trinajstić information content (AvgIpc) is 2.75. The lowest BCUT2D eigenvalue weighted by Crippen LogP contribution is -2.48. The van der Waals surface area contributed by atoms with Crippen LogP contribution in [0.25, 0.3) is 0 Å². The summed E-state index contributed by atoms with van der Waals surface area (Å²) in [5.74, 6) is 5.08. The van der Waals surface area contributed by atoms with E-state index in [1.165, 1.54) is 63.4 Å². The van der Waals surface area contributed by atoms with Gasteiger partial charge in [0.05, 0.1) is 0 Å². The zero-order valence-corrected chi connectivity index (χ0v) is 13.0. The Balaban J connectivity index is 1.61. The summed E-state index contributed by atoms with van der Waals surface area (Å²) in [6.07, 6.45) is 14.5. The highest BCUT2D eigenvalue weighted by molar-refractivity contribution is 7.82. The molecule has 0 N–H and O–H groups in total. The summed E-state index contributed by atoms with van der Waals surface area (Å²) in [5.41, 5.74) is 1.46. The Hall–Kier alpha value is 0.0900. The Morgan fingerprint density at radius 3 is 2.63 bits per heavy atom. The first kappa shape index (κ1) is 12.8. The first-order valence-corrected chi connectivity index (χ1v) is 9.05. The molecule has 1 heteroatoms. The zero-order chi connectivity index (χ0) is 13.0. The van der Waals surface area contributed by atoms with Crippen LogP contribution in [0.15, 0.2) is 12.2 Å². The lowest BCUT2D eigenvalue weighted by molar-refractivity contribution is -0.00707. The van der Waals surface area contributed by atoms with E-state index in [-0.39, 0.29) is 4.75 Å². The molecule has 6 atom stereocenters. The molecular formula is C18H28S. The predicted molar refractivity (Wildman–Crippen MR) is 84.5 cm³/mol. The largest absolute Gasteiger partial charge is 0.168 e. The SMILES string of the molecule is C=C1CCC2C3CCC4CCCCC4C3CCC12S. The van der Waals surface area contributed by atoms with E-state index in [0.717, 1.165) is 29.6 Å². The van der Waals surface area contributed by atoms with Gasteiger partial charge in [-0.05, 0) is 74.5 Å². The van der Waals surface area contributed by atoms with Crippen LogP contribution in [0.2, 0.25) is 0 Å². The Bertz CT molecular complexity index is 387. The van der Waals surface area contributed by atoms with Gasteiger partial charge in [0, 0.05) is 4.75 Å². The Labute approximate surface area is 123 Å². The molecule has 0 nitrogen and oxygen atoms in total. The summed E-state index contributed by atoms with van der Waals surface area (Å²) in [7, 11) is 0. The highest BCUT2D eigenvalue weighted by Crippen LogP contribution is 2.62. The number of rotatable bonds is 0. The molecule has 0 spiro atoms. The fraction of sp³-hybridized carbons (Fsp3) is 0.889. The quantitative estimate of drug-likeness (QED) is 0.453. The van der Waals surface area contributed by atoms with Crippen LogP contribution in [0.5, 0.6) is 0 Å². The normalized spacial score (nSPS) is 53.3. The van der Waals surface area contributed by atoms with Gasteiger partial charge in [0.15, 0.2) is 0 Å². The van der Waals surface area contributed by atoms with Crippen LogP contribution < -0.4 is 0 Å². The number of hydrogen-bond acceptors (Lipinski definition) is 1. The number of hydrogen-bond donors (Lipinski definition) is 1. The summed E-state index contributed by atoms with van der Waals surface area (Å²) in [5, 5.41) is 0. The van der Waals surface area contributed by atoms with Crippen molar-refractivity contribution in [1.82, 2.24) is 0 Å². The molecule has 4 rings (SSSR count). The van der Waals surface area contributed by atoms with Gasteiger partial charge in [-0.3, -0.25) is 0 Å². The molecule has 0 heterocycles. The van der Waals surface area contributed by atoms with Crippen LogP contribution in [-0.4, -0.2) is 4.75 Å². The molecule has 0 aliphatic heterocycles. The second-order valence-corrected chi connectivity index (χ2v) is 8.62. The van der Waals surface area contributed by atoms with E-state index in [1.807, 2.05) is 0 Å². The van der Waals surface area contributed by atoms with Crippen molar-refractivity contribution in [3.63, 3.8) is 0 Å². The molecule has 0 aromatic rings. The van der Waals surface area contributed by atoms with Gasteiger partial charge in [0.25, 0.3) is 0 Å². The minimum atomic E-state index is 0.225. The molecule has 19 heavy (non-hydrogen) atoms. The fourth-order valence-corrected chi connectivity index (χ4v) is 6.95. The number of fused-ring (bicyclic) bond motifs is 5. The Morgan fingerprint density at radius 1 is 0.895 bits per heavy atom. The van der Waals surface area contributed by atoms with Gasteiger partial charge >= 0.3 is 0 Å². The van der Waals surface area contributed by atoms with E-state index < -0.39 is 0 Å². The molecule has 0 aromatic carbocycles. The van der Waals surface area contributed by atoms with Gasteiger partial charge in [-0.2, -0.15) is 12.6 Å². The van der Waals surface area contributed by atoms with Crippen LogP contribution in [0, 0.1) is 29.6 Å². The van der Waals surface area contributed by atoms with Gasteiger partial charge in [-0.25, -0.2) is 0 Å². The van der Waals surface area contributed by atoms with Crippen molar-refractivity contribution in [3.05, 3.63) is 12.2 Å². The van der Waals surface area contributed by atoms with Gasteiger partial charge in [-0.1, -0.05) is 31.4 Å². The summed E-state index contributed by atoms with van der Waals surface area (Å²) >= 11 is 5.14. The fourth-order valence-electron chi connectivity index (χ4n) is 6.39. The molecule has 4 aliphatic carbocycles. The van der Waals surface area contributed by atoms with Crippen molar-refractivity contribution in [3.8, 4) is 0 Å². The average molecular weight is 276 g/mol. The van der Waals surface area contributed by atoms with Crippen LogP contribution in [0.1, 0.15) is 64.2 Å². The summed E-state index contributed by atoms with van der Waals surface area (Å²) < 4.78 is 0.225. The van der Waals surface area contributed by atoms with Crippen molar-refractivity contribution in [1.29, 1.82) is 0 Å². The summed E-state index contributed by atoms with van der Waals surface area (Å²) in [6.45, 7) is 4.35. The topological polar surface area (TPSA) is 0 Å². The van der Waals surface area contributed by atoms with E-state index in [9.17, 15) is 0 Å². The molecule has 106 valence electrons. The van der Waals surface area contributed by atoms with Crippen LogP contribution in [0.4, 0.5) is 0 Å². The second kappa shape index (κ2) is 4.55. The van der Waals surface area contributed by atoms with Crippen molar-refractivity contribution < 1.29 is 0 Å². The zero-order valence-electron chi connectivity index (χ0n) is 12.1. The molecule has 0 amide bonds. The van der Waals surface area contributed by atoms with Crippen LogP contribution >= 0.6 is 12.6 Å². The standard InChI is InChI=1S/C18H28S/c1-12-6-9-17-16-8-7-13-4-2-3-5-14(13)15(16)10-11-18(12,17)19/h13-17,19H,1-11H2. The minimum Gasteiger partial charge on any atom is -0.168 e. The van der Waals surface area contributed by atoms with E-state index in [0.29, 0.717) is 0 Å². The highest BCUT2D eigenvalue weighted by atomic mass is 32.1. The smallest absolute Gasteiger partial charge is 0.0366 e. The monoisotopic (exact) mass is 276 g/mol. The van der Waals surface area contributed by atoms with Crippen molar-refractivity contribution in [2.75, 3.05) is 0 Å². The second-order valence-electron chi connectivity index (χ2n) is 7.83. The molecule has 4 aliphatic rings.